The molecule has 0 aliphatic heterocycles. The fourth-order valence-electron chi connectivity index (χ4n) is 1.42. The molecule has 0 saturated heterocycles. The molecular weight excluding hydrogens is 190 g/mol. The van der Waals surface area contributed by atoms with Crippen LogP contribution in [0.2, 0.25) is 0 Å². The van der Waals surface area contributed by atoms with Crippen molar-refractivity contribution >= 4 is 0 Å². The van der Waals surface area contributed by atoms with Crippen LogP contribution in [0.25, 0.3) is 0 Å². The number of aromatic nitrogens is 2. The van der Waals surface area contributed by atoms with Crippen molar-refractivity contribution in [2.45, 2.75) is 33.1 Å². The first-order valence-electron chi connectivity index (χ1n) is 5.40. The number of aromatic amines is 1. The molecule has 1 aromatic heterocycles. The zero-order valence-electron chi connectivity index (χ0n) is 9.42. The maximum Gasteiger partial charge on any atom is 0.269 e. The fourth-order valence-corrected chi connectivity index (χ4v) is 1.42. The molecule has 4 nitrogen and oxygen atoms in total. The summed E-state index contributed by atoms with van der Waals surface area (Å²) in [5.41, 5.74) is 6.84. The van der Waals surface area contributed by atoms with Gasteiger partial charge in [-0.2, -0.15) is 0 Å². The maximum atomic E-state index is 11.6. The maximum absolute atomic E-state index is 11.6. The Morgan fingerprint density at radius 1 is 1.53 bits per heavy atom. The Hall–Kier alpha value is -1.16. The summed E-state index contributed by atoms with van der Waals surface area (Å²) in [6.45, 7) is 4.78. The molecule has 84 valence electrons. The first-order valence-corrected chi connectivity index (χ1v) is 5.40. The molecule has 1 heterocycles. The van der Waals surface area contributed by atoms with Crippen LogP contribution in [0.15, 0.2) is 11.0 Å². The van der Waals surface area contributed by atoms with E-state index in [0.717, 1.165) is 25.0 Å². The van der Waals surface area contributed by atoms with Crippen LogP contribution in [0.4, 0.5) is 0 Å². The SMILES string of the molecule is CC(C)Cc1ncc(CCCN)[nH]c1=O. The van der Waals surface area contributed by atoms with Crippen LogP contribution in [0.3, 0.4) is 0 Å². The third-order valence-electron chi connectivity index (χ3n) is 2.16. The number of hydrogen-bond acceptors (Lipinski definition) is 3. The molecule has 0 radical (unpaired) electrons. The van der Waals surface area contributed by atoms with Gasteiger partial charge in [0.15, 0.2) is 0 Å². The predicted molar refractivity (Wildman–Crippen MR) is 60.8 cm³/mol. The summed E-state index contributed by atoms with van der Waals surface area (Å²) < 4.78 is 0. The average Bonchev–Trinajstić information content (AvgIpc) is 2.18. The summed E-state index contributed by atoms with van der Waals surface area (Å²) in [5, 5.41) is 0. The van der Waals surface area contributed by atoms with Gasteiger partial charge < -0.3 is 10.7 Å². The molecule has 0 aromatic carbocycles. The molecule has 0 aliphatic carbocycles. The van der Waals surface area contributed by atoms with Crippen molar-refractivity contribution in [3.63, 3.8) is 0 Å². The van der Waals surface area contributed by atoms with Crippen LogP contribution in [0, 0.1) is 5.92 Å². The van der Waals surface area contributed by atoms with Crippen molar-refractivity contribution in [2.75, 3.05) is 6.54 Å². The van der Waals surface area contributed by atoms with E-state index in [1.807, 2.05) is 0 Å². The van der Waals surface area contributed by atoms with Crippen molar-refractivity contribution < 1.29 is 0 Å². The Labute approximate surface area is 89.9 Å². The van der Waals surface area contributed by atoms with E-state index < -0.39 is 0 Å². The topological polar surface area (TPSA) is 71.8 Å². The van der Waals surface area contributed by atoms with Gasteiger partial charge in [0.1, 0.15) is 5.69 Å². The molecule has 0 spiro atoms. The van der Waals surface area contributed by atoms with Crippen LogP contribution in [-0.4, -0.2) is 16.5 Å². The molecule has 0 amide bonds. The van der Waals surface area contributed by atoms with Crippen molar-refractivity contribution in [3.05, 3.63) is 27.9 Å². The highest BCUT2D eigenvalue weighted by atomic mass is 16.1. The van der Waals surface area contributed by atoms with Gasteiger partial charge >= 0.3 is 0 Å². The third-order valence-corrected chi connectivity index (χ3v) is 2.16. The van der Waals surface area contributed by atoms with E-state index in [9.17, 15) is 4.79 Å². The number of nitrogens with one attached hydrogen (secondary N) is 1. The van der Waals surface area contributed by atoms with E-state index in [-0.39, 0.29) is 5.56 Å². The number of nitrogens with zero attached hydrogens (tertiary/aromatic N) is 1. The molecule has 15 heavy (non-hydrogen) atoms. The molecule has 0 bridgehead atoms. The second-order valence-corrected chi connectivity index (χ2v) is 4.17. The second-order valence-electron chi connectivity index (χ2n) is 4.17. The zero-order chi connectivity index (χ0) is 11.3. The number of nitrogens with two attached hydrogens (primary N) is 1. The van der Waals surface area contributed by atoms with Crippen molar-refractivity contribution in [1.82, 2.24) is 9.97 Å². The molecule has 0 atom stereocenters. The lowest BCUT2D eigenvalue weighted by molar-refractivity contribution is 0.626. The minimum Gasteiger partial charge on any atom is -0.330 e. The fraction of sp³-hybridized carbons (Fsp3) is 0.636. The summed E-state index contributed by atoms with van der Waals surface area (Å²) in [4.78, 5) is 18.6. The minimum absolute atomic E-state index is 0.0572. The molecule has 3 N–H and O–H groups in total. The van der Waals surface area contributed by atoms with E-state index in [1.165, 1.54) is 0 Å². The van der Waals surface area contributed by atoms with E-state index in [0.29, 0.717) is 18.2 Å². The van der Waals surface area contributed by atoms with Crippen LogP contribution >= 0.6 is 0 Å². The average molecular weight is 209 g/mol. The summed E-state index contributed by atoms with van der Waals surface area (Å²) >= 11 is 0. The highest BCUT2D eigenvalue weighted by molar-refractivity contribution is 5.03. The molecule has 0 unspecified atom stereocenters. The largest absolute Gasteiger partial charge is 0.330 e. The van der Waals surface area contributed by atoms with Gasteiger partial charge in [-0.1, -0.05) is 13.8 Å². The number of hydrogen-bond donors (Lipinski definition) is 2. The van der Waals surface area contributed by atoms with Crippen molar-refractivity contribution in [2.24, 2.45) is 11.7 Å². The Balaban J connectivity index is 2.74. The van der Waals surface area contributed by atoms with Crippen LogP contribution in [0.5, 0.6) is 0 Å². The molecule has 0 fully saturated rings. The second kappa shape index (κ2) is 5.66. The van der Waals surface area contributed by atoms with Gasteiger partial charge in [0.05, 0.1) is 0 Å². The minimum atomic E-state index is -0.0572. The highest BCUT2D eigenvalue weighted by Crippen LogP contribution is 2.01. The van der Waals surface area contributed by atoms with Gasteiger partial charge in [-0.3, -0.25) is 9.78 Å². The van der Waals surface area contributed by atoms with Gasteiger partial charge in [-0.05, 0) is 31.7 Å². The normalized spacial score (nSPS) is 10.9. The van der Waals surface area contributed by atoms with Gasteiger partial charge in [-0.25, -0.2) is 0 Å². The predicted octanol–water partition coefficient (Wildman–Crippen LogP) is 0.860. The summed E-state index contributed by atoms with van der Waals surface area (Å²) in [6, 6.07) is 0. The Bertz CT molecular complexity index is 357. The molecular formula is C11H19N3O. The lowest BCUT2D eigenvalue weighted by Gasteiger charge is -2.04. The Morgan fingerprint density at radius 2 is 2.27 bits per heavy atom. The summed E-state index contributed by atoms with van der Waals surface area (Å²) in [5.74, 6) is 0.452. The number of H-pyrrole nitrogens is 1. The summed E-state index contributed by atoms with van der Waals surface area (Å²) in [7, 11) is 0. The monoisotopic (exact) mass is 209 g/mol. The molecule has 0 saturated carbocycles. The van der Waals surface area contributed by atoms with Gasteiger partial charge in [-0.15, -0.1) is 0 Å². The first kappa shape index (κ1) is 11.9. The quantitative estimate of drug-likeness (QED) is 0.755. The van der Waals surface area contributed by atoms with Crippen molar-refractivity contribution in [1.29, 1.82) is 0 Å². The van der Waals surface area contributed by atoms with E-state index >= 15 is 0 Å². The van der Waals surface area contributed by atoms with Crippen LogP contribution in [0.1, 0.15) is 31.7 Å². The Kier molecular flexibility index (Phi) is 4.49. The van der Waals surface area contributed by atoms with E-state index in [1.54, 1.807) is 6.20 Å². The molecule has 1 rings (SSSR count). The lowest BCUT2D eigenvalue weighted by atomic mass is 10.1. The highest BCUT2D eigenvalue weighted by Gasteiger charge is 2.05. The molecule has 4 heteroatoms. The van der Waals surface area contributed by atoms with Gasteiger partial charge in [0.2, 0.25) is 0 Å². The summed E-state index contributed by atoms with van der Waals surface area (Å²) in [6.07, 6.45) is 4.14. The van der Waals surface area contributed by atoms with Gasteiger partial charge in [0, 0.05) is 11.9 Å². The third kappa shape index (κ3) is 3.83. The van der Waals surface area contributed by atoms with Gasteiger partial charge in [0.25, 0.3) is 5.56 Å². The van der Waals surface area contributed by atoms with E-state index in [4.69, 9.17) is 5.73 Å². The number of rotatable bonds is 5. The lowest BCUT2D eigenvalue weighted by Crippen LogP contribution is -2.18. The van der Waals surface area contributed by atoms with Crippen LogP contribution in [-0.2, 0) is 12.8 Å². The first-order chi connectivity index (χ1) is 7.13. The smallest absolute Gasteiger partial charge is 0.269 e. The molecule has 1 aromatic rings. The molecule has 0 aliphatic rings. The number of aryl methyl sites for hydroxylation is 1. The van der Waals surface area contributed by atoms with Crippen LogP contribution < -0.4 is 11.3 Å². The van der Waals surface area contributed by atoms with E-state index in [2.05, 4.69) is 23.8 Å². The standard InChI is InChI=1S/C11H19N3O/c1-8(2)6-10-11(15)14-9(7-13-10)4-3-5-12/h7-8H,3-6,12H2,1-2H3,(H,14,15). The Morgan fingerprint density at radius 3 is 2.80 bits per heavy atom. The zero-order valence-corrected chi connectivity index (χ0v) is 9.42. The van der Waals surface area contributed by atoms with Crippen molar-refractivity contribution in [3.8, 4) is 0 Å².